The number of aryl methyl sites for hydroxylation is 2. The lowest BCUT2D eigenvalue weighted by molar-refractivity contribution is 0.232. The predicted octanol–water partition coefficient (Wildman–Crippen LogP) is 3.63. The molecular weight excluding hydrogens is 330 g/mol. The van der Waals surface area contributed by atoms with Crippen molar-refractivity contribution in [3.63, 3.8) is 0 Å². The third kappa shape index (κ3) is 3.89. The van der Waals surface area contributed by atoms with E-state index in [0.29, 0.717) is 30.8 Å². The van der Waals surface area contributed by atoms with Gasteiger partial charge in [-0.05, 0) is 50.2 Å². The third-order valence-electron chi connectivity index (χ3n) is 4.48. The number of nitrogens with zero attached hydrogens (tertiary/aromatic N) is 1. The lowest BCUT2D eigenvalue weighted by Gasteiger charge is -2.18. The fraction of sp³-hybridized carbons (Fsp3) is 0.286. The highest BCUT2D eigenvalue weighted by Crippen LogP contribution is 2.27. The van der Waals surface area contributed by atoms with Crippen molar-refractivity contribution in [1.29, 1.82) is 0 Å². The first-order chi connectivity index (χ1) is 12.5. The average Bonchev–Trinajstić information content (AvgIpc) is 2.60. The fourth-order valence-electron chi connectivity index (χ4n) is 2.95. The van der Waals surface area contributed by atoms with Gasteiger partial charge in [0, 0.05) is 30.1 Å². The Morgan fingerprint density at radius 3 is 2.69 bits per heavy atom. The van der Waals surface area contributed by atoms with Crippen molar-refractivity contribution >= 4 is 11.0 Å². The van der Waals surface area contributed by atoms with Crippen LogP contribution in [0.5, 0.6) is 11.5 Å². The van der Waals surface area contributed by atoms with Crippen LogP contribution in [0, 0.1) is 13.8 Å². The molecule has 0 saturated heterocycles. The Bertz CT molecular complexity index is 977. The summed E-state index contributed by atoms with van der Waals surface area (Å²) in [6.45, 7) is 5.62. The maximum absolute atomic E-state index is 11.9. The number of hydrogen-bond acceptors (Lipinski definition) is 5. The van der Waals surface area contributed by atoms with Gasteiger partial charge in [-0.25, -0.2) is 4.79 Å². The Morgan fingerprint density at radius 1 is 1.15 bits per heavy atom. The lowest BCUT2D eigenvalue weighted by atomic mass is 10.1. The number of fused-ring (bicyclic) bond motifs is 1. The summed E-state index contributed by atoms with van der Waals surface area (Å²) in [6.07, 6.45) is 0. The molecule has 0 spiro atoms. The van der Waals surface area contributed by atoms with Crippen LogP contribution in [0.25, 0.3) is 11.0 Å². The molecule has 26 heavy (non-hydrogen) atoms. The second-order valence-electron chi connectivity index (χ2n) is 6.53. The van der Waals surface area contributed by atoms with Crippen LogP contribution >= 0.6 is 0 Å². The van der Waals surface area contributed by atoms with Crippen LogP contribution in [-0.4, -0.2) is 30.2 Å². The molecule has 0 amide bonds. The van der Waals surface area contributed by atoms with E-state index in [2.05, 4.69) is 4.90 Å². The minimum absolute atomic E-state index is 0.123. The number of rotatable bonds is 6. The lowest BCUT2D eigenvalue weighted by Crippen LogP contribution is -2.24. The van der Waals surface area contributed by atoms with Crippen molar-refractivity contribution in [2.75, 3.05) is 20.2 Å². The topological polar surface area (TPSA) is 62.9 Å². The van der Waals surface area contributed by atoms with Crippen LogP contribution in [0.15, 0.2) is 51.7 Å². The van der Waals surface area contributed by atoms with Crippen molar-refractivity contribution in [3.05, 3.63) is 69.6 Å². The van der Waals surface area contributed by atoms with Gasteiger partial charge in [-0.1, -0.05) is 18.2 Å². The van der Waals surface area contributed by atoms with Crippen LogP contribution in [-0.2, 0) is 6.54 Å². The Labute approximate surface area is 152 Å². The first-order valence-electron chi connectivity index (χ1n) is 8.58. The van der Waals surface area contributed by atoms with Gasteiger partial charge in [-0.2, -0.15) is 0 Å². The van der Waals surface area contributed by atoms with Crippen molar-refractivity contribution in [3.8, 4) is 11.5 Å². The van der Waals surface area contributed by atoms with E-state index in [1.165, 1.54) is 6.07 Å². The van der Waals surface area contributed by atoms with Gasteiger partial charge < -0.3 is 14.3 Å². The molecule has 1 N–H and O–H groups in total. The van der Waals surface area contributed by atoms with Crippen LogP contribution < -0.4 is 10.4 Å². The highest BCUT2D eigenvalue weighted by Gasteiger charge is 2.12. The summed E-state index contributed by atoms with van der Waals surface area (Å²) in [6, 6.07) is 12.8. The molecule has 5 heteroatoms. The molecule has 0 fully saturated rings. The van der Waals surface area contributed by atoms with E-state index in [-0.39, 0.29) is 5.75 Å². The smallest absolute Gasteiger partial charge is 0.336 e. The van der Waals surface area contributed by atoms with Gasteiger partial charge in [0.15, 0.2) is 0 Å². The molecule has 0 radical (unpaired) electrons. The van der Waals surface area contributed by atoms with Gasteiger partial charge in [0.2, 0.25) is 0 Å². The van der Waals surface area contributed by atoms with E-state index in [1.807, 2.05) is 38.2 Å². The largest absolute Gasteiger partial charge is 0.508 e. The van der Waals surface area contributed by atoms with Gasteiger partial charge in [0.1, 0.15) is 23.7 Å². The molecule has 0 unspecified atom stereocenters. The van der Waals surface area contributed by atoms with Crippen LogP contribution in [0.1, 0.15) is 16.7 Å². The van der Waals surface area contributed by atoms with Crippen molar-refractivity contribution in [2.45, 2.75) is 20.4 Å². The number of phenols is 1. The summed E-state index contributed by atoms with van der Waals surface area (Å²) in [5, 5.41) is 10.7. The van der Waals surface area contributed by atoms with Crippen LogP contribution in [0.4, 0.5) is 0 Å². The van der Waals surface area contributed by atoms with Crippen molar-refractivity contribution in [2.24, 2.45) is 0 Å². The maximum Gasteiger partial charge on any atom is 0.336 e. The zero-order chi connectivity index (χ0) is 18.7. The van der Waals surface area contributed by atoms with E-state index in [9.17, 15) is 9.90 Å². The molecule has 0 atom stereocenters. The molecule has 0 aliphatic carbocycles. The van der Waals surface area contributed by atoms with E-state index in [0.717, 1.165) is 22.3 Å². The van der Waals surface area contributed by atoms with Gasteiger partial charge >= 0.3 is 5.63 Å². The third-order valence-corrected chi connectivity index (χ3v) is 4.48. The van der Waals surface area contributed by atoms with Crippen molar-refractivity contribution < 1.29 is 14.3 Å². The van der Waals surface area contributed by atoms with E-state index < -0.39 is 5.63 Å². The minimum Gasteiger partial charge on any atom is -0.508 e. The number of para-hydroxylation sites is 1. The molecule has 3 aromatic rings. The van der Waals surface area contributed by atoms with Gasteiger partial charge in [0.25, 0.3) is 0 Å². The first-order valence-corrected chi connectivity index (χ1v) is 8.58. The Morgan fingerprint density at radius 2 is 1.92 bits per heavy atom. The number of ether oxygens (including phenoxy) is 1. The van der Waals surface area contributed by atoms with Crippen LogP contribution in [0.2, 0.25) is 0 Å². The van der Waals surface area contributed by atoms with E-state index in [1.54, 1.807) is 19.1 Å². The summed E-state index contributed by atoms with van der Waals surface area (Å²) < 4.78 is 11.1. The number of benzene rings is 2. The average molecular weight is 353 g/mol. The highest BCUT2D eigenvalue weighted by atomic mass is 16.5. The molecule has 0 aliphatic heterocycles. The molecule has 0 bridgehead atoms. The number of aromatic hydroxyl groups is 1. The van der Waals surface area contributed by atoms with E-state index >= 15 is 0 Å². The summed E-state index contributed by atoms with van der Waals surface area (Å²) in [4.78, 5) is 14.0. The summed E-state index contributed by atoms with van der Waals surface area (Å²) in [5.74, 6) is 1.01. The normalized spacial score (nSPS) is 11.2. The maximum atomic E-state index is 11.9. The number of likely N-dealkylation sites (N-methyl/N-ethyl adjacent to an activating group) is 1. The monoisotopic (exact) mass is 353 g/mol. The van der Waals surface area contributed by atoms with Crippen LogP contribution in [0.3, 0.4) is 0 Å². The Hall–Kier alpha value is -2.79. The molecule has 3 rings (SSSR count). The SMILES string of the molecule is Cc1ccccc1OCCN(C)Cc1cc(=O)oc2c(C)c(O)ccc12. The van der Waals surface area contributed by atoms with Gasteiger partial charge in [0.05, 0.1) is 0 Å². The second kappa shape index (κ2) is 7.62. The first kappa shape index (κ1) is 18.0. The molecule has 1 heterocycles. The molecule has 136 valence electrons. The summed E-state index contributed by atoms with van der Waals surface area (Å²) >= 11 is 0. The molecule has 5 nitrogen and oxygen atoms in total. The molecule has 2 aromatic carbocycles. The zero-order valence-electron chi connectivity index (χ0n) is 15.3. The molecule has 0 saturated carbocycles. The molecule has 1 aromatic heterocycles. The predicted molar refractivity (Wildman–Crippen MR) is 102 cm³/mol. The Balaban J connectivity index is 1.71. The highest BCUT2D eigenvalue weighted by molar-refractivity contribution is 5.84. The zero-order valence-corrected chi connectivity index (χ0v) is 15.3. The fourth-order valence-corrected chi connectivity index (χ4v) is 2.95. The molecular formula is C21H23NO4. The second-order valence-corrected chi connectivity index (χ2v) is 6.53. The van der Waals surface area contributed by atoms with Crippen molar-refractivity contribution in [1.82, 2.24) is 4.90 Å². The Kier molecular flexibility index (Phi) is 5.28. The van der Waals surface area contributed by atoms with E-state index in [4.69, 9.17) is 9.15 Å². The van der Waals surface area contributed by atoms with Gasteiger partial charge in [-0.3, -0.25) is 4.90 Å². The van der Waals surface area contributed by atoms with Gasteiger partial charge in [-0.15, -0.1) is 0 Å². The minimum atomic E-state index is -0.411. The molecule has 0 aliphatic rings. The summed E-state index contributed by atoms with van der Waals surface area (Å²) in [5.41, 5.74) is 2.59. The summed E-state index contributed by atoms with van der Waals surface area (Å²) in [7, 11) is 1.98. The number of hydrogen-bond donors (Lipinski definition) is 1. The quantitative estimate of drug-likeness (QED) is 0.686. The number of phenolic OH excluding ortho intramolecular Hbond substituents is 1. The standard InChI is InChI=1S/C21H23NO4/c1-14-6-4-5-7-19(14)25-11-10-22(3)13-16-12-20(24)26-21-15(2)18(23)9-8-17(16)21/h4-9,12,23H,10-11,13H2,1-3H3.